The lowest BCUT2D eigenvalue weighted by Crippen LogP contribution is -2.68. The van der Waals surface area contributed by atoms with Gasteiger partial charge in [0.2, 0.25) is 5.84 Å². The Hall–Kier alpha value is -1.51. The van der Waals surface area contributed by atoms with Gasteiger partial charge in [0.15, 0.2) is 0 Å². The molecular weight excluding hydrogens is 152 g/mol. The average molecular weight is 165 g/mol. The van der Waals surface area contributed by atoms with Gasteiger partial charge in [0.1, 0.15) is 11.4 Å². The monoisotopic (exact) mass is 165 g/mol. The summed E-state index contributed by atoms with van der Waals surface area (Å²) in [5, 5.41) is 0. The van der Waals surface area contributed by atoms with Gasteiger partial charge < -0.3 is 4.74 Å². The number of methoxy groups -OCH3 is 1. The molecule has 0 radical (unpaired) electrons. The minimum Gasteiger partial charge on any atom is -0.497 e. The number of nitrogens with one attached hydrogen (secondary N) is 1. The first kappa shape index (κ1) is 8.59. The van der Waals surface area contributed by atoms with Crippen LogP contribution in [0, 0.1) is 0 Å². The Labute approximate surface area is 71.9 Å². The Morgan fingerprint density at radius 1 is 1.33 bits per heavy atom. The summed E-state index contributed by atoms with van der Waals surface area (Å²) in [5.74, 6) is 1.52. The van der Waals surface area contributed by atoms with E-state index in [4.69, 9.17) is 10.5 Å². The minimum atomic E-state index is 0.681. The normalized spacial score (nSPS) is 11.3. The summed E-state index contributed by atoms with van der Waals surface area (Å²) in [7, 11) is 1.64. The summed E-state index contributed by atoms with van der Waals surface area (Å²) in [4.78, 5) is 2.99. The van der Waals surface area contributed by atoms with Gasteiger partial charge in [-0.3, -0.25) is 5.73 Å². The van der Waals surface area contributed by atoms with Crippen LogP contribution < -0.4 is 15.5 Å². The maximum atomic E-state index is 5.47. The third-order valence-corrected chi connectivity index (χ3v) is 1.43. The predicted octanol–water partition coefficient (Wildman–Crippen LogP) is -0.216. The maximum absolute atomic E-state index is 5.47. The van der Waals surface area contributed by atoms with Gasteiger partial charge >= 0.3 is 0 Å². The zero-order valence-corrected chi connectivity index (χ0v) is 7.29. The summed E-state index contributed by atoms with van der Waals surface area (Å²) in [5.41, 5.74) is 6.44. The van der Waals surface area contributed by atoms with Crippen molar-refractivity contribution in [3.8, 4) is 5.75 Å². The molecule has 12 heavy (non-hydrogen) atoms. The number of ether oxygens (including phenoxy) is 1. The molecule has 3 heteroatoms. The molecule has 0 saturated carbocycles. The molecule has 0 aromatic heterocycles. The number of rotatable bonds is 2. The van der Waals surface area contributed by atoms with Gasteiger partial charge in [0, 0.05) is 6.92 Å². The predicted molar refractivity (Wildman–Crippen MR) is 48.5 cm³/mol. The first-order valence-corrected chi connectivity index (χ1v) is 3.72. The third kappa shape index (κ3) is 2.27. The van der Waals surface area contributed by atoms with E-state index in [1.165, 1.54) is 0 Å². The summed E-state index contributed by atoms with van der Waals surface area (Å²) in [6.07, 6.45) is 0. The molecule has 0 heterocycles. The molecule has 3 nitrogen and oxygen atoms in total. The molecule has 1 rings (SSSR count). The first-order chi connectivity index (χ1) is 5.72. The Balaban J connectivity index is 2.85. The van der Waals surface area contributed by atoms with E-state index in [-0.39, 0.29) is 0 Å². The van der Waals surface area contributed by atoms with Gasteiger partial charge in [0.05, 0.1) is 7.11 Å². The highest BCUT2D eigenvalue weighted by atomic mass is 16.5. The van der Waals surface area contributed by atoms with Crippen molar-refractivity contribution in [2.45, 2.75) is 6.92 Å². The van der Waals surface area contributed by atoms with E-state index < -0.39 is 0 Å². The molecule has 0 aliphatic carbocycles. The summed E-state index contributed by atoms with van der Waals surface area (Å²) < 4.78 is 5.01. The largest absolute Gasteiger partial charge is 0.497 e. The molecule has 0 amide bonds. The zero-order chi connectivity index (χ0) is 8.97. The Morgan fingerprint density at radius 2 is 1.92 bits per heavy atom. The van der Waals surface area contributed by atoms with Crippen molar-refractivity contribution in [2.24, 2.45) is 5.73 Å². The van der Waals surface area contributed by atoms with Crippen LogP contribution in [0.15, 0.2) is 24.3 Å². The Kier molecular flexibility index (Phi) is 2.69. The second-order valence-corrected chi connectivity index (χ2v) is 2.54. The van der Waals surface area contributed by atoms with Crippen LogP contribution in [-0.2, 0) is 0 Å². The number of benzene rings is 1. The lowest BCUT2D eigenvalue weighted by molar-refractivity contribution is -0.355. The molecule has 0 saturated heterocycles. The van der Waals surface area contributed by atoms with Crippen molar-refractivity contribution in [2.75, 3.05) is 7.11 Å². The fourth-order valence-electron chi connectivity index (χ4n) is 0.902. The van der Waals surface area contributed by atoms with Crippen LogP contribution in [-0.4, -0.2) is 12.9 Å². The molecule has 0 spiro atoms. The number of amidine groups is 1. The van der Waals surface area contributed by atoms with Crippen molar-refractivity contribution in [3.05, 3.63) is 24.3 Å². The van der Waals surface area contributed by atoms with Gasteiger partial charge in [-0.05, 0) is 24.3 Å². The Bertz CT molecular complexity index is 273. The molecule has 0 aliphatic rings. The summed E-state index contributed by atoms with van der Waals surface area (Å²) in [6, 6.07) is 7.58. The molecule has 3 N–H and O–H groups in total. The molecule has 0 fully saturated rings. The topological polar surface area (TPSA) is 49.2 Å². The highest BCUT2D eigenvalue weighted by Crippen LogP contribution is 2.10. The van der Waals surface area contributed by atoms with Crippen LogP contribution in [0.1, 0.15) is 6.92 Å². The van der Waals surface area contributed by atoms with Crippen LogP contribution in [0.5, 0.6) is 5.75 Å². The molecule has 64 valence electrons. The maximum Gasteiger partial charge on any atom is 0.242 e. The first-order valence-electron chi connectivity index (χ1n) is 3.72. The van der Waals surface area contributed by atoms with Crippen molar-refractivity contribution < 1.29 is 9.73 Å². The molecule has 1 aromatic carbocycles. The van der Waals surface area contributed by atoms with E-state index in [1.54, 1.807) is 7.11 Å². The number of nitrogens with two attached hydrogens (primary N) is 1. The minimum absolute atomic E-state index is 0.681. The zero-order valence-electron chi connectivity index (χ0n) is 7.29. The van der Waals surface area contributed by atoms with Gasteiger partial charge in [0.25, 0.3) is 0 Å². The van der Waals surface area contributed by atoms with E-state index >= 15 is 0 Å². The van der Waals surface area contributed by atoms with Crippen LogP contribution in [0.3, 0.4) is 0 Å². The number of hydrogen-bond donors (Lipinski definition) is 2. The van der Waals surface area contributed by atoms with Crippen molar-refractivity contribution in [1.29, 1.82) is 0 Å². The molecule has 0 bridgehead atoms. The van der Waals surface area contributed by atoms with E-state index in [9.17, 15) is 0 Å². The summed E-state index contributed by atoms with van der Waals surface area (Å²) >= 11 is 0. The van der Waals surface area contributed by atoms with Gasteiger partial charge in [-0.15, -0.1) is 0 Å². The van der Waals surface area contributed by atoms with E-state index in [0.717, 1.165) is 11.4 Å². The second kappa shape index (κ2) is 3.76. The standard InChI is InChI=1S/C9H12N2O/c1-7(10)11-8-3-5-9(12-2)6-4-8/h3-6H,1-2H3,(H2,10,11)/p+1. The fourth-order valence-corrected chi connectivity index (χ4v) is 0.902. The van der Waals surface area contributed by atoms with Crippen LogP contribution in [0.2, 0.25) is 0 Å². The molecule has 0 atom stereocenters. The van der Waals surface area contributed by atoms with Crippen LogP contribution >= 0.6 is 0 Å². The second-order valence-electron chi connectivity index (χ2n) is 2.54. The smallest absolute Gasteiger partial charge is 0.242 e. The van der Waals surface area contributed by atoms with Crippen molar-refractivity contribution in [3.63, 3.8) is 0 Å². The fraction of sp³-hybridized carbons (Fsp3) is 0.222. The van der Waals surface area contributed by atoms with E-state index in [2.05, 4.69) is 4.99 Å². The van der Waals surface area contributed by atoms with E-state index in [0.29, 0.717) is 5.84 Å². The van der Waals surface area contributed by atoms with Gasteiger partial charge in [-0.2, -0.15) is 0 Å². The highest BCUT2D eigenvalue weighted by Gasteiger charge is 1.93. The SMILES string of the molecule is COc1ccc([NH+]=C(C)N)cc1. The molecule has 0 unspecified atom stereocenters. The average Bonchev–Trinajstić information content (AvgIpc) is 2.05. The van der Waals surface area contributed by atoms with Crippen LogP contribution in [0.25, 0.3) is 0 Å². The highest BCUT2D eigenvalue weighted by molar-refractivity contribution is 5.72. The summed E-state index contributed by atoms with van der Waals surface area (Å²) in [6.45, 7) is 1.81. The Morgan fingerprint density at radius 3 is 2.33 bits per heavy atom. The molecular formula is C9H13N2O+. The van der Waals surface area contributed by atoms with Crippen molar-refractivity contribution >= 4 is 11.5 Å². The number of hydrogen-bond acceptors (Lipinski definition) is 1. The van der Waals surface area contributed by atoms with Crippen molar-refractivity contribution in [1.82, 2.24) is 0 Å². The van der Waals surface area contributed by atoms with Gasteiger partial charge in [-0.25, -0.2) is 4.99 Å². The third-order valence-electron chi connectivity index (χ3n) is 1.43. The molecule has 0 aliphatic heterocycles. The van der Waals surface area contributed by atoms with Gasteiger partial charge in [-0.1, -0.05) is 0 Å². The van der Waals surface area contributed by atoms with E-state index in [1.807, 2.05) is 31.2 Å². The lowest BCUT2D eigenvalue weighted by Gasteiger charge is -1.97. The van der Waals surface area contributed by atoms with Crippen LogP contribution in [0.4, 0.5) is 5.69 Å². The lowest BCUT2D eigenvalue weighted by atomic mass is 10.3. The molecule has 1 aromatic rings. The quantitative estimate of drug-likeness (QED) is 0.470.